The highest BCUT2D eigenvalue weighted by molar-refractivity contribution is 8.04. The first-order valence-electron chi connectivity index (χ1n) is 18.5. The highest BCUT2D eigenvalue weighted by Gasteiger charge is 2.39. The van der Waals surface area contributed by atoms with Gasteiger partial charge in [0.1, 0.15) is 0 Å². The Kier molecular flexibility index (Phi) is 6.73. The van der Waals surface area contributed by atoms with E-state index in [1.807, 2.05) is 0 Å². The fourth-order valence-corrected chi connectivity index (χ4v) is 11.0. The molecule has 3 heteroatoms. The van der Waals surface area contributed by atoms with Crippen LogP contribution in [0.3, 0.4) is 0 Å². The molecule has 4 atom stereocenters. The zero-order valence-electron chi connectivity index (χ0n) is 28.5. The zero-order valence-corrected chi connectivity index (χ0v) is 29.3. The SMILES string of the molecule is C1=CC2SC3=C(c4ccc(N5c6ccc(-c7ccc8c(c7)c7c(n8-c8ccccc8)CCC=C7)cc6C6C=CC=CC65)cc4)CCC=C3C2C=C1. The molecule has 1 aromatic heterocycles. The van der Waals surface area contributed by atoms with E-state index in [-0.39, 0.29) is 6.04 Å². The molecule has 246 valence electrons. The molecule has 51 heavy (non-hydrogen) atoms. The first-order chi connectivity index (χ1) is 25.3. The number of thioether (sulfide) groups is 1. The van der Waals surface area contributed by atoms with Gasteiger partial charge in [-0.1, -0.05) is 109 Å². The minimum absolute atomic E-state index is 0.268. The van der Waals surface area contributed by atoms with E-state index < -0.39 is 0 Å². The second-order valence-corrected chi connectivity index (χ2v) is 15.8. The van der Waals surface area contributed by atoms with Crippen molar-refractivity contribution < 1.29 is 0 Å². The van der Waals surface area contributed by atoms with E-state index in [0.717, 1.165) is 25.7 Å². The van der Waals surface area contributed by atoms with Crippen LogP contribution >= 0.6 is 11.8 Å². The highest BCUT2D eigenvalue weighted by Crippen LogP contribution is 2.54. The average molecular weight is 675 g/mol. The lowest BCUT2D eigenvalue weighted by molar-refractivity contribution is 0.745. The van der Waals surface area contributed by atoms with Gasteiger partial charge in [0, 0.05) is 55.7 Å². The predicted octanol–water partition coefficient (Wildman–Crippen LogP) is 12.3. The lowest BCUT2D eigenvalue weighted by Gasteiger charge is -2.29. The molecule has 1 saturated heterocycles. The van der Waals surface area contributed by atoms with Crippen LogP contribution in [0.1, 0.15) is 47.6 Å². The van der Waals surface area contributed by atoms with Crippen molar-refractivity contribution in [2.45, 2.75) is 42.9 Å². The molecule has 0 amide bonds. The third kappa shape index (κ3) is 4.57. The lowest BCUT2D eigenvalue weighted by atomic mass is 9.85. The smallest absolute Gasteiger partial charge is 0.0629 e. The van der Waals surface area contributed by atoms with Gasteiger partial charge in [0.2, 0.25) is 0 Å². The Bertz CT molecular complexity index is 2460. The molecule has 0 saturated carbocycles. The van der Waals surface area contributed by atoms with E-state index in [1.54, 1.807) is 5.57 Å². The van der Waals surface area contributed by atoms with Gasteiger partial charge in [0.25, 0.3) is 0 Å². The summed E-state index contributed by atoms with van der Waals surface area (Å²) in [6.45, 7) is 0. The van der Waals surface area contributed by atoms with Gasteiger partial charge in [0.05, 0.1) is 11.6 Å². The van der Waals surface area contributed by atoms with Crippen molar-refractivity contribution in [2.75, 3.05) is 4.90 Å². The van der Waals surface area contributed by atoms with Crippen LogP contribution < -0.4 is 4.90 Å². The highest BCUT2D eigenvalue weighted by atomic mass is 32.2. The lowest BCUT2D eigenvalue weighted by Crippen LogP contribution is -2.28. The Hall–Kier alpha value is -5.25. The fourth-order valence-electron chi connectivity index (χ4n) is 9.49. The second-order valence-electron chi connectivity index (χ2n) is 14.6. The minimum atomic E-state index is 0.268. The molecule has 0 spiro atoms. The van der Waals surface area contributed by atoms with Gasteiger partial charge < -0.3 is 9.47 Å². The van der Waals surface area contributed by atoms with Gasteiger partial charge in [-0.3, -0.25) is 0 Å². The van der Waals surface area contributed by atoms with E-state index in [4.69, 9.17) is 0 Å². The summed E-state index contributed by atoms with van der Waals surface area (Å²) < 4.78 is 2.47. The average Bonchev–Trinajstić information content (AvgIpc) is 3.86. The van der Waals surface area contributed by atoms with Crippen LogP contribution in [0, 0.1) is 5.92 Å². The van der Waals surface area contributed by atoms with Crippen LogP contribution in [0.25, 0.3) is 39.4 Å². The molecule has 2 aliphatic heterocycles. The number of para-hydroxylation sites is 1. The topological polar surface area (TPSA) is 8.17 Å². The van der Waals surface area contributed by atoms with Crippen molar-refractivity contribution in [3.63, 3.8) is 0 Å². The predicted molar refractivity (Wildman–Crippen MR) is 217 cm³/mol. The van der Waals surface area contributed by atoms with Crippen LogP contribution in [0.15, 0.2) is 162 Å². The van der Waals surface area contributed by atoms with Gasteiger partial charge in [-0.15, -0.1) is 11.8 Å². The standard InChI is InChI=1S/C48H38N2S/c1-2-11-34(12-3-1)49-43-18-7-4-13-37(43)41-29-32(23-27-45(41)49)33-24-28-46-42(30-33)38-14-5-8-19-44(38)50(46)35-25-21-31(22-26-35)36-16-10-17-40-39-15-6-9-20-47(39)51-48(36)40/h1-6,8-9,11-15,17,19-30,38-39,44,47H,7,10,16,18H2. The van der Waals surface area contributed by atoms with Crippen LogP contribution in [0.4, 0.5) is 11.4 Å². The third-order valence-corrected chi connectivity index (χ3v) is 13.3. The van der Waals surface area contributed by atoms with Crippen molar-refractivity contribution in [3.8, 4) is 16.8 Å². The minimum Gasteiger partial charge on any atom is -0.333 e. The van der Waals surface area contributed by atoms with E-state index in [9.17, 15) is 0 Å². The van der Waals surface area contributed by atoms with Crippen molar-refractivity contribution in [1.82, 2.24) is 4.57 Å². The first-order valence-corrected chi connectivity index (χ1v) is 19.4. The number of hydrogen-bond donors (Lipinski definition) is 0. The maximum atomic E-state index is 2.57. The van der Waals surface area contributed by atoms with Crippen molar-refractivity contribution in [2.24, 2.45) is 5.92 Å². The Morgan fingerprint density at radius 2 is 1.43 bits per heavy atom. The Balaban J connectivity index is 0.958. The number of rotatable bonds is 4. The van der Waals surface area contributed by atoms with Crippen LogP contribution in [-0.4, -0.2) is 15.9 Å². The molecule has 2 nitrogen and oxygen atoms in total. The van der Waals surface area contributed by atoms with Crippen molar-refractivity contribution in [3.05, 3.63) is 185 Å². The summed E-state index contributed by atoms with van der Waals surface area (Å²) in [5.74, 6) is 0.844. The number of fused-ring (bicyclic) bond motifs is 9. The van der Waals surface area contributed by atoms with Gasteiger partial charge in [-0.05, 0) is 108 Å². The molecule has 0 radical (unpaired) electrons. The van der Waals surface area contributed by atoms with Gasteiger partial charge in [-0.2, -0.15) is 0 Å². The zero-order chi connectivity index (χ0) is 33.5. The molecule has 5 aromatic rings. The normalized spacial score (nSPS) is 23.7. The maximum Gasteiger partial charge on any atom is 0.0629 e. The first kappa shape index (κ1) is 29.5. The molecule has 11 rings (SSSR count). The van der Waals surface area contributed by atoms with E-state index in [0.29, 0.717) is 17.1 Å². The molecular weight excluding hydrogens is 637 g/mol. The van der Waals surface area contributed by atoms with Crippen molar-refractivity contribution >= 4 is 45.7 Å². The number of benzene rings is 4. The third-order valence-electron chi connectivity index (χ3n) is 11.8. The summed E-state index contributed by atoms with van der Waals surface area (Å²) in [7, 11) is 0. The van der Waals surface area contributed by atoms with Crippen LogP contribution in [-0.2, 0) is 6.42 Å². The Labute approximate surface area is 304 Å². The van der Waals surface area contributed by atoms with Gasteiger partial charge >= 0.3 is 0 Å². The Morgan fingerprint density at radius 3 is 2.33 bits per heavy atom. The molecule has 4 unspecified atom stereocenters. The van der Waals surface area contributed by atoms with Crippen molar-refractivity contribution in [1.29, 1.82) is 0 Å². The molecule has 0 bridgehead atoms. The van der Waals surface area contributed by atoms with Gasteiger partial charge in [0.15, 0.2) is 0 Å². The summed E-state index contributed by atoms with van der Waals surface area (Å²) in [4.78, 5) is 4.09. The quantitative estimate of drug-likeness (QED) is 0.187. The monoisotopic (exact) mass is 674 g/mol. The number of hydrogen-bond acceptors (Lipinski definition) is 2. The molecule has 4 aliphatic carbocycles. The number of nitrogens with zero attached hydrogens (tertiary/aromatic N) is 2. The molecular formula is C48H38N2S. The van der Waals surface area contributed by atoms with Crippen LogP contribution in [0.2, 0.25) is 0 Å². The van der Waals surface area contributed by atoms with E-state index in [2.05, 4.69) is 179 Å². The summed E-state index contributed by atoms with van der Waals surface area (Å²) in [5.41, 5.74) is 16.3. The van der Waals surface area contributed by atoms with E-state index in [1.165, 1.54) is 72.0 Å². The van der Waals surface area contributed by atoms with Crippen LogP contribution in [0.5, 0.6) is 0 Å². The number of aromatic nitrogens is 1. The Morgan fingerprint density at radius 1 is 0.647 bits per heavy atom. The molecule has 1 fully saturated rings. The number of anilines is 2. The molecule has 4 aromatic carbocycles. The summed E-state index contributed by atoms with van der Waals surface area (Å²) in [6.07, 6.45) is 30.0. The summed E-state index contributed by atoms with van der Waals surface area (Å²) in [6, 6.07) is 34.8. The fraction of sp³-hybridized carbons (Fsp3) is 0.167. The maximum absolute atomic E-state index is 2.57. The second kappa shape index (κ2) is 11.6. The molecule has 0 N–H and O–H groups in total. The molecule has 3 heterocycles. The van der Waals surface area contributed by atoms with Gasteiger partial charge in [-0.25, -0.2) is 0 Å². The largest absolute Gasteiger partial charge is 0.333 e. The summed E-state index contributed by atoms with van der Waals surface area (Å²) in [5, 5.41) is 1.87. The summed E-state index contributed by atoms with van der Waals surface area (Å²) >= 11 is 2.06. The van der Waals surface area contributed by atoms with E-state index >= 15 is 0 Å². The molecule has 6 aliphatic rings. The number of allylic oxidation sites excluding steroid dienone is 9.